The number of aromatic nitrogens is 3. The molecule has 4 rings (SSSR count). The van der Waals surface area contributed by atoms with E-state index in [1.54, 1.807) is 7.05 Å². The number of rotatable bonds is 6. The third-order valence-corrected chi connectivity index (χ3v) is 4.70. The van der Waals surface area contributed by atoms with E-state index in [2.05, 4.69) is 50.1 Å². The molecule has 0 amide bonds. The van der Waals surface area contributed by atoms with Gasteiger partial charge in [-0.1, -0.05) is 36.4 Å². The number of para-hydroxylation sites is 2. The number of guanidine groups is 1. The van der Waals surface area contributed by atoms with Crippen molar-refractivity contribution in [3.05, 3.63) is 84.3 Å². The second kappa shape index (κ2) is 10.1. The van der Waals surface area contributed by atoms with Gasteiger partial charge in [0.2, 0.25) is 0 Å². The molecule has 2 heterocycles. The molecule has 0 saturated carbocycles. The maximum atomic E-state index is 4.43. The SMILES string of the molecule is CN=C(NCCc1c[nH]c2ccccc12)NCc1cnn(-c2ccccc2)c1.I. The van der Waals surface area contributed by atoms with E-state index in [1.807, 2.05) is 53.5 Å². The van der Waals surface area contributed by atoms with E-state index in [-0.39, 0.29) is 24.0 Å². The van der Waals surface area contributed by atoms with Crippen LogP contribution < -0.4 is 10.6 Å². The molecule has 2 aromatic carbocycles. The van der Waals surface area contributed by atoms with Gasteiger partial charge in [-0.25, -0.2) is 4.68 Å². The Morgan fingerprint density at radius 3 is 2.69 bits per heavy atom. The van der Waals surface area contributed by atoms with Gasteiger partial charge in [0.25, 0.3) is 0 Å². The fraction of sp³-hybridized carbons (Fsp3) is 0.182. The van der Waals surface area contributed by atoms with Gasteiger partial charge < -0.3 is 15.6 Å². The highest BCUT2D eigenvalue weighted by Gasteiger charge is 2.05. The average Bonchev–Trinajstić information content (AvgIpc) is 3.39. The second-order valence-electron chi connectivity index (χ2n) is 6.59. The molecule has 0 radical (unpaired) electrons. The maximum Gasteiger partial charge on any atom is 0.191 e. The Hall–Kier alpha value is -2.81. The van der Waals surface area contributed by atoms with Crippen molar-refractivity contribution in [2.75, 3.05) is 13.6 Å². The number of H-pyrrole nitrogens is 1. The van der Waals surface area contributed by atoms with E-state index >= 15 is 0 Å². The molecule has 3 N–H and O–H groups in total. The summed E-state index contributed by atoms with van der Waals surface area (Å²) in [4.78, 5) is 7.63. The van der Waals surface area contributed by atoms with Crippen LogP contribution in [0.5, 0.6) is 0 Å². The molecule has 0 unspecified atom stereocenters. The van der Waals surface area contributed by atoms with E-state index in [4.69, 9.17) is 0 Å². The summed E-state index contributed by atoms with van der Waals surface area (Å²) in [6.45, 7) is 1.48. The van der Waals surface area contributed by atoms with Crippen molar-refractivity contribution in [3.8, 4) is 5.69 Å². The van der Waals surface area contributed by atoms with E-state index in [0.29, 0.717) is 6.54 Å². The Bertz CT molecular complexity index is 1070. The van der Waals surface area contributed by atoms with Crippen LogP contribution in [0.3, 0.4) is 0 Å². The summed E-state index contributed by atoms with van der Waals surface area (Å²) in [6, 6.07) is 18.5. The Kier molecular flexibility index (Phi) is 7.29. The highest BCUT2D eigenvalue weighted by atomic mass is 127. The molecule has 0 aliphatic rings. The molecule has 0 saturated heterocycles. The van der Waals surface area contributed by atoms with Gasteiger partial charge in [-0.2, -0.15) is 5.10 Å². The standard InChI is InChI=1S/C22H24N6.HI/c1-23-22(24-12-11-18-15-25-21-10-6-5-9-20(18)21)26-13-17-14-27-28(16-17)19-7-3-2-4-8-19;/h2-10,14-16,25H,11-13H2,1H3,(H2,23,24,26);1H. The van der Waals surface area contributed by atoms with Crippen LogP contribution >= 0.6 is 24.0 Å². The number of hydrogen-bond donors (Lipinski definition) is 3. The summed E-state index contributed by atoms with van der Waals surface area (Å²) in [5.41, 5.74) is 4.64. The van der Waals surface area contributed by atoms with Crippen LogP contribution in [-0.4, -0.2) is 34.3 Å². The Labute approximate surface area is 187 Å². The number of nitrogens with one attached hydrogen (secondary N) is 3. The summed E-state index contributed by atoms with van der Waals surface area (Å²) in [7, 11) is 1.79. The highest BCUT2D eigenvalue weighted by molar-refractivity contribution is 14.0. The Morgan fingerprint density at radius 2 is 1.86 bits per heavy atom. The van der Waals surface area contributed by atoms with Crippen molar-refractivity contribution >= 4 is 40.8 Å². The maximum absolute atomic E-state index is 4.43. The van der Waals surface area contributed by atoms with Crippen LogP contribution in [0.15, 0.2) is 78.2 Å². The molecular weight excluding hydrogens is 475 g/mol. The zero-order valence-electron chi connectivity index (χ0n) is 16.3. The minimum Gasteiger partial charge on any atom is -0.361 e. The second-order valence-corrected chi connectivity index (χ2v) is 6.59. The quantitative estimate of drug-likeness (QED) is 0.214. The van der Waals surface area contributed by atoms with Gasteiger partial charge >= 0.3 is 0 Å². The number of benzene rings is 2. The largest absolute Gasteiger partial charge is 0.361 e. The van der Waals surface area contributed by atoms with Crippen molar-refractivity contribution < 1.29 is 0 Å². The number of nitrogens with zero attached hydrogens (tertiary/aromatic N) is 3. The van der Waals surface area contributed by atoms with Gasteiger partial charge in [0.1, 0.15) is 0 Å². The average molecular weight is 500 g/mol. The summed E-state index contributed by atoms with van der Waals surface area (Å²) >= 11 is 0. The van der Waals surface area contributed by atoms with Crippen LogP contribution in [0.1, 0.15) is 11.1 Å². The summed E-state index contributed by atoms with van der Waals surface area (Å²) < 4.78 is 1.88. The van der Waals surface area contributed by atoms with Gasteiger partial charge in [-0.05, 0) is 30.2 Å². The first-order valence-corrected chi connectivity index (χ1v) is 9.42. The number of fused-ring (bicyclic) bond motifs is 1. The number of aliphatic imine (C=N–C) groups is 1. The lowest BCUT2D eigenvalue weighted by atomic mass is 10.1. The van der Waals surface area contributed by atoms with Crippen LogP contribution in [0.2, 0.25) is 0 Å². The van der Waals surface area contributed by atoms with E-state index < -0.39 is 0 Å². The monoisotopic (exact) mass is 500 g/mol. The van der Waals surface area contributed by atoms with Gasteiger partial charge in [0, 0.05) is 49.0 Å². The van der Waals surface area contributed by atoms with Gasteiger partial charge in [-0.15, -0.1) is 24.0 Å². The molecule has 0 atom stereocenters. The summed E-state index contributed by atoms with van der Waals surface area (Å²) in [5, 5.41) is 12.4. The number of halogens is 1. The molecule has 0 aliphatic heterocycles. The minimum absolute atomic E-state index is 0. The third-order valence-electron chi connectivity index (χ3n) is 4.70. The molecule has 2 aromatic heterocycles. The first-order valence-electron chi connectivity index (χ1n) is 9.42. The summed E-state index contributed by atoms with van der Waals surface area (Å²) in [6.07, 6.45) is 6.91. The molecule has 7 heteroatoms. The normalized spacial score (nSPS) is 11.3. The van der Waals surface area contributed by atoms with Crippen LogP contribution in [0, 0.1) is 0 Å². The van der Waals surface area contributed by atoms with Crippen LogP contribution in [0.4, 0.5) is 0 Å². The molecular formula is C22H25IN6. The third kappa shape index (κ3) is 5.17. The van der Waals surface area contributed by atoms with E-state index in [0.717, 1.165) is 30.2 Å². The lowest BCUT2D eigenvalue weighted by molar-refractivity contribution is 0.796. The molecule has 0 bridgehead atoms. The lowest BCUT2D eigenvalue weighted by Gasteiger charge is -2.11. The Morgan fingerprint density at radius 1 is 1.07 bits per heavy atom. The van der Waals surface area contributed by atoms with Gasteiger partial charge in [0.05, 0.1) is 11.9 Å². The molecule has 150 valence electrons. The smallest absolute Gasteiger partial charge is 0.191 e. The van der Waals surface area contributed by atoms with Crippen molar-refractivity contribution in [1.82, 2.24) is 25.4 Å². The fourth-order valence-electron chi connectivity index (χ4n) is 3.23. The molecule has 0 aliphatic carbocycles. The Balaban J connectivity index is 0.00000240. The molecule has 4 aromatic rings. The molecule has 29 heavy (non-hydrogen) atoms. The number of hydrogen-bond acceptors (Lipinski definition) is 2. The molecule has 6 nitrogen and oxygen atoms in total. The first-order chi connectivity index (χ1) is 13.8. The van der Waals surface area contributed by atoms with Crippen molar-refractivity contribution in [2.45, 2.75) is 13.0 Å². The molecule has 0 spiro atoms. The lowest BCUT2D eigenvalue weighted by Crippen LogP contribution is -2.37. The summed E-state index contributed by atoms with van der Waals surface area (Å²) in [5.74, 6) is 0.785. The topological polar surface area (TPSA) is 70.0 Å². The van der Waals surface area contributed by atoms with Crippen molar-refractivity contribution in [1.29, 1.82) is 0 Å². The van der Waals surface area contributed by atoms with E-state index in [9.17, 15) is 0 Å². The van der Waals surface area contributed by atoms with Crippen LogP contribution in [0.25, 0.3) is 16.6 Å². The predicted molar refractivity (Wildman–Crippen MR) is 129 cm³/mol. The van der Waals surface area contributed by atoms with E-state index in [1.165, 1.54) is 16.5 Å². The molecule has 0 fully saturated rings. The van der Waals surface area contributed by atoms with Crippen LogP contribution in [-0.2, 0) is 13.0 Å². The van der Waals surface area contributed by atoms with Crippen molar-refractivity contribution in [2.24, 2.45) is 4.99 Å². The zero-order valence-corrected chi connectivity index (χ0v) is 18.6. The predicted octanol–water partition coefficient (Wildman–Crippen LogP) is 3.88. The van der Waals surface area contributed by atoms with Crippen molar-refractivity contribution in [3.63, 3.8) is 0 Å². The number of aromatic amines is 1. The minimum atomic E-state index is 0. The fourth-order valence-corrected chi connectivity index (χ4v) is 3.23. The first kappa shape index (κ1) is 20.9. The van der Waals surface area contributed by atoms with Gasteiger partial charge in [0.15, 0.2) is 5.96 Å². The van der Waals surface area contributed by atoms with Gasteiger partial charge in [-0.3, -0.25) is 4.99 Å². The highest BCUT2D eigenvalue weighted by Crippen LogP contribution is 2.17. The zero-order chi connectivity index (χ0) is 19.2.